The molecule has 0 atom stereocenters. The largest absolute Gasteiger partial charge is 0.417 e. The lowest BCUT2D eigenvalue weighted by Crippen LogP contribution is -2.38. The second-order valence-electron chi connectivity index (χ2n) is 6.37. The first-order valence-electron chi connectivity index (χ1n) is 8.76. The van der Waals surface area contributed by atoms with Gasteiger partial charge in [-0.3, -0.25) is 9.78 Å². The number of rotatable bonds is 8. The predicted octanol–water partition coefficient (Wildman–Crippen LogP) is 1.49. The molecule has 0 aliphatic rings. The zero-order valence-electron chi connectivity index (χ0n) is 15.3. The maximum Gasteiger partial charge on any atom is 0.417 e. The van der Waals surface area contributed by atoms with Crippen molar-refractivity contribution < 1.29 is 17.6 Å². The Balaban J connectivity index is 1.55. The van der Waals surface area contributed by atoms with Gasteiger partial charge in [-0.1, -0.05) is 30.3 Å². The second-order valence-corrected chi connectivity index (χ2v) is 8.42. The van der Waals surface area contributed by atoms with E-state index in [-0.39, 0.29) is 22.9 Å². The molecule has 0 aliphatic carbocycles. The molecule has 148 valence electrons. The molecule has 28 heavy (non-hydrogen) atoms. The van der Waals surface area contributed by atoms with Crippen molar-refractivity contribution in [3.8, 4) is 0 Å². The number of amides is 1. The van der Waals surface area contributed by atoms with Crippen molar-refractivity contribution in [3.63, 3.8) is 0 Å². The highest BCUT2D eigenvalue weighted by molar-refractivity contribution is 7.89. The number of nitrogens with zero attached hydrogens (tertiary/aromatic N) is 1. The van der Waals surface area contributed by atoms with Crippen LogP contribution in [0.3, 0.4) is 0 Å². The molecule has 0 unspecified atom stereocenters. The number of benzene rings is 2. The first-order valence-corrected chi connectivity index (χ1v) is 10.2. The highest BCUT2D eigenvalue weighted by Gasteiger charge is 2.23. The monoisotopic (exact) mass is 403 g/mol. The summed E-state index contributed by atoms with van der Waals surface area (Å²) in [4.78, 5) is 25.7. The Labute approximate surface area is 162 Å². The molecule has 8 nitrogen and oxygen atoms in total. The number of fused-ring (bicyclic) bond motifs is 1. The van der Waals surface area contributed by atoms with Crippen LogP contribution in [0, 0.1) is 0 Å². The van der Waals surface area contributed by atoms with Crippen LogP contribution in [0.4, 0.5) is 0 Å². The lowest BCUT2D eigenvalue weighted by Gasteiger charge is -2.16. The molecule has 0 bridgehead atoms. The van der Waals surface area contributed by atoms with Crippen LogP contribution >= 0.6 is 0 Å². The van der Waals surface area contributed by atoms with Crippen molar-refractivity contribution in [2.24, 2.45) is 0 Å². The van der Waals surface area contributed by atoms with Gasteiger partial charge in [0.05, 0.1) is 17.0 Å². The van der Waals surface area contributed by atoms with Crippen LogP contribution in [0.2, 0.25) is 0 Å². The number of nitrogens with one attached hydrogen (secondary N) is 2. The summed E-state index contributed by atoms with van der Waals surface area (Å²) in [5, 5.41) is 2.73. The highest BCUT2D eigenvalue weighted by Crippen LogP contribution is 2.19. The molecule has 2 aromatic carbocycles. The topological polar surface area (TPSA) is 112 Å². The molecule has 3 aromatic rings. The van der Waals surface area contributed by atoms with Crippen LogP contribution in [0.5, 0.6) is 0 Å². The van der Waals surface area contributed by atoms with Crippen molar-refractivity contribution in [1.82, 2.24) is 14.6 Å². The summed E-state index contributed by atoms with van der Waals surface area (Å²) < 4.78 is 31.2. The molecule has 1 heterocycles. The third-order valence-corrected chi connectivity index (χ3v) is 6.07. The first-order chi connectivity index (χ1) is 13.4. The number of aryl methyl sites for hydroxylation is 1. The van der Waals surface area contributed by atoms with Crippen molar-refractivity contribution in [2.45, 2.75) is 17.7 Å². The zero-order chi connectivity index (χ0) is 20.1. The summed E-state index contributed by atoms with van der Waals surface area (Å²) in [6.07, 6.45) is 1.59. The Morgan fingerprint density at radius 3 is 2.68 bits per heavy atom. The number of sulfonamides is 1. The van der Waals surface area contributed by atoms with Gasteiger partial charge in [-0.15, -0.1) is 0 Å². The van der Waals surface area contributed by atoms with Gasteiger partial charge in [0, 0.05) is 19.7 Å². The fraction of sp³-hybridized carbons (Fsp3) is 0.263. The van der Waals surface area contributed by atoms with Gasteiger partial charge in [-0.05, 0) is 30.5 Å². The molecule has 0 saturated carbocycles. The zero-order valence-corrected chi connectivity index (χ0v) is 16.2. The Hall–Kier alpha value is -2.91. The van der Waals surface area contributed by atoms with E-state index in [0.717, 1.165) is 17.1 Å². The summed E-state index contributed by atoms with van der Waals surface area (Å²) in [6.45, 7) is 0.158. The van der Waals surface area contributed by atoms with E-state index in [1.807, 2.05) is 30.3 Å². The van der Waals surface area contributed by atoms with Crippen molar-refractivity contribution in [1.29, 1.82) is 0 Å². The molecule has 9 heteroatoms. The number of H-pyrrole nitrogens is 1. The normalized spacial score (nSPS) is 11.8. The Bertz CT molecular complexity index is 1120. The average molecular weight is 403 g/mol. The molecular weight excluding hydrogens is 382 g/mol. The molecule has 3 rings (SSSR count). The summed E-state index contributed by atoms with van der Waals surface area (Å²) in [5.41, 5.74) is 1.73. The van der Waals surface area contributed by atoms with Crippen LogP contribution < -0.4 is 11.1 Å². The Morgan fingerprint density at radius 2 is 1.93 bits per heavy atom. The minimum atomic E-state index is -3.89. The smallest absolute Gasteiger partial charge is 0.408 e. The van der Waals surface area contributed by atoms with E-state index in [0.29, 0.717) is 12.1 Å². The van der Waals surface area contributed by atoms with E-state index in [1.54, 1.807) is 0 Å². The Kier molecular flexibility index (Phi) is 5.96. The SMILES string of the molecule is CN(CC(=O)NCCCc1ccccc1)S(=O)(=O)c1ccc2[nH]c(=O)oc2c1. The van der Waals surface area contributed by atoms with Gasteiger partial charge in [0.2, 0.25) is 15.9 Å². The van der Waals surface area contributed by atoms with E-state index >= 15 is 0 Å². The molecule has 2 N–H and O–H groups in total. The second kappa shape index (κ2) is 8.41. The van der Waals surface area contributed by atoms with Gasteiger partial charge < -0.3 is 9.73 Å². The first kappa shape index (κ1) is 19.8. The number of oxazole rings is 1. The van der Waals surface area contributed by atoms with E-state index in [2.05, 4.69) is 10.3 Å². The van der Waals surface area contributed by atoms with Crippen molar-refractivity contribution >= 4 is 27.0 Å². The lowest BCUT2D eigenvalue weighted by atomic mass is 10.1. The molecular formula is C19H21N3O5S. The molecule has 0 aliphatic heterocycles. The third kappa shape index (κ3) is 4.68. The maximum absolute atomic E-state index is 12.6. The van der Waals surface area contributed by atoms with Gasteiger partial charge in [0.15, 0.2) is 5.58 Å². The number of carbonyl (C=O) groups is 1. The summed E-state index contributed by atoms with van der Waals surface area (Å²) >= 11 is 0. The average Bonchev–Trinajstić information content (AvgIpc) is 3.05. The molecule has 1 aromatic heterocycles. The fourth-order valence-electron chi connectivity index (χ4n) is 2.77. The van der Waals surface area contributed by atoms with Gasteiger partial charge >= 0.3 is 5.76 Å². The number of hydrogen-bond donors (Lipinski definition) is 2. The number of aromatic nitrogens is 1. The Morgan fingerprint density at radius 1 is 1.18 bits per heavy atom. The standard InChI is InChI=1S/C19H21N3O5S/c1-22(13-18(23)20-11-5-8-14-6-3-2-4-7-14)28(25,26)15-9-10-16-17(12-15)27-19(24)21-16/h2-4,6-7,9-10,12H,5,8,11,13H2,1H3,(H,20,23)(H,21,24). The van der Waals surface area contributed by atoms with Crippen LogP contribution in [0.15, 0.2) is 62.6 Å². The maximum atomic E-state index is 12.6. The summed E-state index contributed by atoms with van der Waals surface area (Å²) in [7, 11) is -2.56. The summed E-state index contributed by atoms with van der Waals surface area (Å²) in [5.74, 6) is -1.04. The third-order valence-electron chi connectivity index (χ3n) is 4.27. The molecule has 0 spiro atoms. The highest BCUT2D eigenvalue weighted by atomic mass is 32.2. The van der Waals surface area contributed by atoms with Gasteiger partial charge in [-0.2, -0.15) is 4.31 Å². The van der Waals surface area contributed by atoms with Crippen LogP contribution in [-0.2, 0) is 21.2 Å². The quantitative estimate of drug-likeness (QED) is 0.554. The fourth-order valence-corrected chi connectivity index (χ4v) is 3.92. The predicted molar refractivity (Wildman–Crippen MR) is 104 cm³/mol. The number of carbonyl (C=O) groups excluding carboxylic acids is 1. The van der Waals surface area contributed by atoms with Gasteiger partial charge in [0.25, 0.3) is 0 Å². The van der Waals surface area contributed by atoms with Crippen LogP contribution in [-0.4, -0.2) is 43.8 Å². The van der Waals surface area contributed by atoms with Crippen molar-refractivity contribution in [2.75, 3.05) is 20.1 Å². The minimum Gasteiger partial charge on any atom is -0.408 e. The van der Waals surface area contributed by atoms with E-state index in [1.165, 1.54) is 30.8 Å². The van der Waals surface area contributed by atoms with E-state index in [4.69, 9.17) is 4.42 Å². The molecule has 0 radical (unpaired) electrons. The lowest BCUT2D eigenvalue weighted by molar-refractivity contribution is -0.121. The van der Waals surface area contributed by atoms with Crippen molar-refractivity contribution in [3.05, 3.63) is 64.6 Å². The van der Waals surface area contributed by atoms with E-state index in [9.17, 15) is 18.0 Å². The summed E-state index contributed by atoms with van der Waals surface area (Å²) in [6, 6.07) is 14.0. The van der Waals surface area contributed by atoms with Crippen LogP contribution in [0.1, 0.15) is 12.0 Å². The number of likely N-dealkylation sites (N-methyl/N-ethyl adjacent to an activating group) is 1. The number of hydrogen-bond acceptors (Lipinski definition) is 5. The molecule has 1 amide bonds. The molecule has 0 saturated heterocycles. The van der Waals surface area contributed by atoms with Crippen LogP contribution in [0.25, 0.3) is 11.1 Å². The van der Waals surface area contributed by atoms with Gasteiger partial charge in [-0.25, -0.2) is 13.2 Å². The minimum absolute atomic E-state index is 0.0536. The molecule has 0 fully saturated rings. The number of aromatic amines is 1. The van der Waals surface area contributed by atoms with E-state index < -0.39 is 15.8 Å². The van der Waals surface area contributed by atoms with Gasteiger partial charge in [0.1, 0.15) is 0 Å².